The van der Waals surface area contributed by atoms with Crippen LogP contribution in [0.25, 0.3) is 0 Å². The van der Waals surface area contributed by atoms with Crippen LogP contribution in [0.1, 0.15) is 55.4 Å². The summed E-state index contributed by atoms with van der Waals surface area (Å²) in [6, 6.07) is 12.4. The van der Waals surface area contributed by atoms with E-state index in [1.165, 1.54) is 50.6 Å². The number of hydrogen-bond donors (Lipinski definition) is 2. The third kappa shape index (κ3) is 4.59. The average Bonchev–Trinajstić information content (AvgIpc) is 3.24. The van der Waals surface area contributed by atoms with Gasteiger partial charge in [0.1, 0.15) is 5.69 Å². The van der Waals surface area contributed by atoms with E-state index in [2.05, 4.69) is 32.7 Å². The molecule has 2 heterocycles. The number of benzene rings is 1. The molecule has 2 aromatic rings. The van der Waals surface area contributed by atoms with Crippen molar-refractivity contribution in [2.24, 2.45) is 0 Å². The van der Waals surface area contributed by atoms with Crippen LogP contribution in [0.3, 0.4) is 0 Å². The van der Waals surface area contributed by atoms with Crippen molar-refractivity contribution in [3.05, 3.63) is 48.3 Å². The first kappa shape index (κ1) is 17.8. The molecular weight excluding hydrogens is 336 g/mol. The van der Waals surface area contributed by atoms with Crippen LogP contribution < -0.4 is 15.5 Å². The van der Waals surface area contributed by atoms with Gasteiger partial charge in [-0.25, -0.2) is 0 Å². The molecule has 2 fully saturated rings. The second kappa shape index (κ2) is 8.42. The Balaban J connectivity index is 1.38. The van der Waals surface area contributed by atoms with Gasteiger partial charge in [0.25, 0.3) is 5.91 Å². The summed E-state index contributed by atoms with van der Waals surface area (Å²) in [6.07, 6.45) is 10.5. The molecule has 0 atom stereocenters. The quantitative estimate of drug-likeness (QED) is 0.809. The van der Waals surface area contributed by atoms with Crippen LogP contribution in [-0.4, -0.2) is 30.0 Å². The van der Waals surface area contributed by atoms with Gasteiger partial charge in [-0.3, -0.25) is 9.78 Å². The smallest absolute Gasteiger partial charge is 0.274 e. The molecule has 5 nitrogen and oxygen atoms in total. The molecule has 1 aliphatic carbocycles. The molecule has 5 heteroatoms. The molecule has 1 aromatic carbocycles. The van der Waals surface area contributed by atoms with Crippen molar-refractivity contribution in [3.8, 4) is 0 Å². The van der Waals surface area contributed by atoms with Gasteiger partial charge in [0.05, 0.1) is 0 Å². The third-order valence-corrected chi connectivity index (χ3v) is 5.56. The Morgan fingerprint density at radius 2 is 1.67 bits per heavy atom. The molecule has 142 valence electrons. The Morgan fingerprint density at radius 1 is 0.926 bits per heavy atom. The number of carbonyl (C=O) groups is 1. The Hall–Kier alpha value is -2.56. The van der Waals surface area contributed by atoms with Crippen LogP contribution in [-0.2, 0) is 0 Å². The van der Waals surface area contributed by atoms with Crippen LogP contribution in [0, 0.1) is 0 Å². The van der Waals surface area contributed by atoms with Crippen molar-refractivity contribution in [1.82, 2.24) is 4.98 Å². The predicted octanol–water partition coefficient (Wildman–Crippen LogP) is 4.68. The first-order valence-electron chi connectivity index (χ1n) is 10.2. The summed E-state index contributed by atoms with van der Waals surface area (Å²) in [6.45, 7) is 2.24. The molecule has 1 saturated heterocycles. The summed E-state index contributed by atoms with van der Waals surface area (Å²) >= 11 is 0. The van der Waals surface area contributed by atoms with E-state index in [0.29, 0.717) is 11.7 Å². The second-order valence-electron chi connectivity index (χ2n) is 7.60. The summed E-state index contributed by atoms with van der Waals surface area (Å²) in [5.74, 6) is -0.170. The lowest BCUT2D eigenvalue weighted by atomic mass is 9.95. The zero-order chi connectivity index (χ0) is 18.5. The van der Waals surface area contributed by atoms with Gasteiger partial charge < -0.3 is 15.5 Å². The fraction of sp³-hybridized carbons (Fsp3) is 0.455. The molecule has 2 aliphatic rings. The highest BCUT2D eigenvalue weighted by Crippen LogP contribution is 2.23. The Kier molecular flexibility index (Phi) is 5.56. The van der Waals surface area contributed by atoms with Crippen molar-refractivity contribution >= 4 is 23.0 Å². The molecule has 1 aliphatic heterocycles. The number of pyridine rings is 1. The van der Waals surface area contributed by atoms with Crippen molar-refractivity contribution in [2.75, 3.05) is 28.6 Å². The Labute approximate surface area is 161 Å². The first-order valence-corrected chi connectivity index (χ1v) is 10.2. The maximum atomic E-state index is 12.6. The van der Waals surface area contributed by atoms with Crippen LogP contribution in [0.5, 0.6) is 0 Å². The standard InChI is InChI=1S/C22H28N4O/c27-22(25-18-8-10-20(11-9-18)26-14-4-5-15-26)21-16-19(12-13-23-21)24-17-6-2-1-3-7-17/h8-13,16-17H,1-7,14-15H2,(H,23,24)(H,25,27). The summed E-state index contributed by atoms with van der Waals surface area (Å²) in [4.78, 5) is 19.2. The van der Waals surface area contributed by atoms with Gasteiger partial charge in [-0.05, 0) is 62.1 Å². The molecule has 0 unspecified atom stereocenters. The van der Waals surface area contributed by atoms with Crippen LogP contribution in [0.15, 0.2) is 42.6 Å². The number of nitrogens with zero attached hydrogens (tertiary/aromatic N) is 2. The SMILES string of the molecule is O=C(Nc1ccc(N2CCCC2)cc1)c1cc(NC2CCCCC2)ccn1. The third-order valence-electron chi connectivity index (χ3n) is 5.56. The normalized spacial score (nSPS) is 17.7. The number of carbonyl (C=O) groups excluding carboxylic acids is 1. The van der Waals surface area contributed by atoms with Crippen LogP contribution in [0.2, 0.25) is 0 Å². The van der Waals surface area contributed by atoms with Crippen molar-refractivity contribution in [3.63, 3.8) is 0 Å². The van der Waals surface area contributed by atoms with E-state index >= 15 is 0 Å². The van der Waals surface area contributed by atoms with E-state index in [9.17, 15) is 4.79 Å². The van der Waals surface area contributed by atoms with Crippen LogP contribution >= 0.6 is 0 Å². The second-order valence-corrected chi connectivity index (χ2v) is 7.60. The molecular formula is C22H28N4O. The summed E-state index contributed by atoms with van der Waals surface area (Å²) in [7, 11) is 0. The number of amides is 1. The van der Waals surface area contributed by atoms with Crippen molar-refractivity contribution < 1.29 is 4.79 Å². The van der Waals surface area contributed by atoms with Crippen LogP contribution in [0.4, 0.5) is 17.1 Å². The molecule has 2 N–H and O–H groups in total. The average molecular weight is 364 g/mol. The predicted molar refractivity (Wildman–Crippen MR) is 111 cm³/mol. The Bertz CT molecular complexity index is 762. The highest BCUT2D eigenvalue weighted by atomic mass is 16.1. The molecule has 1 amide bonds. The monoisotopic (exact) mass is 364 g/mol. The Morgan fingerprint density at radius 3 is 2.41 bits per heavy atom. The van der Waals surface area contributed by atoms with Gasteiger partial charge in [-0.2, -0.15) is 0 Å². The lowest BCUT2D eigenvalue weighted by Gasteiger charge is -2.23. The molecule has 1 saturated carbocycles. The fourth-order valence-electron chi connectivity index (χ4n) is 4.05. The maximum absolute atomic E-state index is 12.6. The molecule has 0 bridgehead atoms. The lowest BCUT2D eigenvalue weighted by molar-refractivity contribution is 0.102. The minimum Gasteiger partial charge on any atom is -0.382 e. The highest BCUT2D eigenvalue weighted by Gasteiger charge is 2.15. The van der Waals surface area contributed by atoms with Gasteiger partial charge in [0.2, 0.25) is 0 Å². The van der Waals surface area contributed by atoms with E-state index in [-0.39, 0.29) is 5.91 Å². The van der Waals surface area contributed by atoms with Gasteiger partial charge in [-0.1, -0.05) is 19.3 Å². The summed E-state index contributed by atoms with van der Waals surface area (Å²) in [5, 5.41) is 6.51. The lowest BCUT2D eigenvalue weighted by Crippen LogP contribution is -2.22. The number of anilines is 3. The minimum absolute atomic E-state index is 0.170. The van der Waals surface area contributed by atoms with E-state index in [1.807, 2.05) is 24.3 Å². The zero-order valence-electron chi connectivity index (χ0n) is 15.8. The molecule has 4 rings (SSSR count). The first-order chi connectivity index (χ1) is 13.3. The fourth-order valence-corrected chi connectivity index (χ4v) is 4.05. The minimum atomic E-state index is -0.170. The van der Waals surface area contributed by atoms with Crippen molar-refractivity contribution in [2.45, 2.75) is 51.0 Å². The highest BCUT2D eigenvalue weighted by molar-refractivity contribution is 6.03. The molecule has 1 aromatic heterocycles. The zero-order valence-corrected chi connectivity index (χ0v) is 15.8. The summed E-state index contributed by atoms with van der Waals surface area (Å²) in [5.41, 5.74) is 3.45. The number of aromatic nitrogens is 1. The molecule has 0 radical (unpaired) electrons. The maximum Gasteiger partial charge on any atom is 0.274 e. The molecule has 0 spiro atoms. The molecule has 27 heavy (non-hydrogen) atoms. The van der Waals surface area contributed by atoms with Gasteiger partial charge in [-0.15, -0.1) is 0 Å². The number of hydrogen-bond acceptors (Lipinski definition) is 4. The van der Waals surface area contributed by atoms with Gasteiger partial charge >= 0.3 is 0 Å². The topological polar surface area (TPSA) is 57.3 Å². The van der Waals surface area contributed by atoms with Crippen molar-refractivity contribution in [1.29, 1.82) is 0 Å². The van der Waals surface area contributed by atoms with E-state index in [0.717, 1.165) is 24.5 Å². The number of nitrogens with one attached hydrogen (secondary N) is 2. The van der Waals surface area contributed by atoms with Gasteiger partial charge in [0, 0.05) is 42.4 Å². The summed E-state index contributed by atoms with van der Waals surface area (Å²) < 4.78 is 0. The van der Waals surface area contributed by atoms with Gasteiger partial charge in [0.15, 0.2) is 0 Å². The largest absolute Gasteiger partial charge is 0.382 e. The van der Waals surface area contributed by atoms with E-state index in [4.69, 9.17) is 0 Å². The number of rotatable bonds is 5. The van der Waals surface area contributed by atoms with E-state index < -0.39 is 0 Å². The van der Waals surface area contributed by atoms with E-state index in [1.54, 1.807) is 6.20 Å².